The van der Waals surface area contributed by atoms with E-state index in [1.165, 1.54) is 31.6 Å². The van der Waals surface area contributed by atoms with Crippen molar-refractivity contribution in [1.82, 2.24) is 5.32 Å². The van der Waals surface area contributed by atoms with Crippen LogP contribution < -0.4 is 10.1 Å². The second-order valence-electron chi connectivity index (χ2n) is 5.47. The van der Waals surface area contributed by atoms with Gasteiger partial charge in [-0.3, -0.25) is 4.79 Å². The largest absolute Gasteiger partial charge is 0.496 e. The van der Waals surface area contributed by atoms with Crippen LogP contribution in [-0.4, -0.2) is 26.1 Å². The van der Waals surface area contributed by atoms with Crippen molar-refractivity contribution in [2.45, 2.75) is 6.54 Å². The first-order valence-electron chi connectivity index (χ1n) is 7.75. The third-order valence-corrected chi connectivity index (χ3v) is 4.95. The number of hydrogen-bond donors (Lipinski definition) is 1. The van der Waals surface area contributed by atoms with Crippen LogP contribution in [0.2, 0.25) is 0 Å². The van der Waals surface area contributed by atoms with E-state index < -0.39 is 5.97 Å². The number of nitrogens with one attached hydrogen (secondary N) is 1. The summed E-state index contributed by atoms with van der Waals surface area (Å²) in [6, 6.07) is 11.3. The number of halogens is 1. The van der Waals surface area contributed by atoms with E-state index in [9.17, 15) is 14.0 Å². The molecular formula is C19H16FNO4S. The van der Waals surface area contributed by atoms with Crippen LogP contribution >= 0.6 is 11.3 Å². The van der Waals surface area contributed by atoms with Gasteiger partial charge in [-0.05, 0) is 35.9 Å². The quantitative estimate of drug-likeness (QED) is 0.692. The second kappa shape index (κ2) is 7.53. The summed E-state index contributed by atoms with van der Waals surface area (Å²) in [6.07, 6.45) is 0. The van der Waals surface area contributed by atoms with Crippen molar-refractivity contribution >= 4 is 33.3 Å². The number of hydrogen-bond acceptors (Lipinski definition) is 5. The fraction of sp³-hybridized carbons (Fsp3) is 0.158. The maximum atomic E-state index is 13.8. The molecule has 3 aromatic rings. The van der Waals surface area contributed by atoms with Gasteiger partial charge >= 0.3 is 5.97 Å². The lowest BCUT2D eigenvalue weighted by atomic mass is 10.1. The monoisotopic (exact) mass is 373 g/mol. The van der Waals surface area contributed by atoms with Gasteiger partial charge < -0.3 is 14.8 Å². The summed E-state index contributed by atoms with van der Waals surface area (Å²) in [5.41, 5.74) is 0.998. The molecule has 0 fully saturated rings. The summed E-state index contributed by atoms with van der Waals surface area (Å²) in [5, 5.41) is 3.20. The number of fused-ring (bicyclic) bond motifs is 1. The Hall–Kier alpha value is -2.93. The predicted octanol–water partition coefficient (Wildman–Crippen LogP) is 3.77. The van der Waals surface area contributed by atoms with Crippen molar-refractivity contribution in [1.29, 1.82) is 0 Å². The summed E-state index contributed by atoms with van der Waals surface area (Å²) >= 11 is 1.23. The predicted molar refractivity (Wildman–Crippen MR) is 97.3 cm³/mol. The Labute approximate surface area is 153 Å². The SMILES string of the molecule is COC(=O)c1cc(CNC(=O)c2cc3c(F)cccc3s2)ccc1OC. The molecular weight excluding hydrogens is 357 g/mol. The highest BCUT2D eigenvalue weighted by atomic mass is 32.1. The van der Waals surface area contributed by atoms with Gasteiger partial charge in [0.15, 0.2) is 0 Å². The molecule has 0 unspecified atom stereocenters. The highest BCUT2D eigenvalue weighted by Gasteiger charge is 2.15. The minimum absolute atomic E-state index is 0.212. The number of benzene rings is 2. The van der Waals surface area contributed by atoms with Crippen LogP contribution in [0.25, 0.3) is 10.1 Å². The lowest BCUT2D eigenvalue weighted by Gasteiger charge is -2.10. The molecule has 3 rings (SSSR count). The normalized spacial score (nSPS) is 10.6. The first-order valence-corrected chi connectivity index (χ1v) is 8.56. The first kappa shape index (κ1) is 17.9. The Morgan fingerprint density at radius 1 is 1.15 bits per heavy atom. The van der Waals surface area contributed by atoms with Gasteiger partial charge in [0.05, 0.1) is 19.1 Å². The van der Waals surface area contributed by atoms with E-state index in [0.29, 0.717) is 26.3 Å². The van der Waals surface area contributed by atoms with Gasteiger partial charge in [0.2, 0.25) is 0 Å². The molecule has 0 aliphatic carbocycles. The summed E-state index contributed by atoms with van der Waals surface area (Å²) in [7, 11) is 2.75. The molecule has 1 N–H and O–H groups in total. The summed E-state index contributed by atoms with van der Waals surface area (Å²) in [5.74, 6) is -0.779. The van der Waals surface area contributed by atoms with Crippen molar-refractivity contribution in [3.8, 4) is 5.75 Å². The molecule has 0 aliphatic heterocycles. The number of carbonyl (C=O) groups is 2. The Morgan fingerprint density at radius 3 is 2.65 bits per heavy atom. The van der Waals surface area contributed by atoms with Gasteiger partial charge in [0.1, 0.15) is 17.1 Å². The number of thiophene rings is 1. The van der Waals surface area contributed by atoms with Crippen LogP contribution in [-0.2, 0) is 11.3 Å². The number of esters is 1. The van der Waals surface area contributed by atoms with Gasteiger partial charge in [-0.15, -0.1) is 11.3 Å². The Morgan fingerprint density at radius 2 is 1.96 bits per heavy atom. The van der Waals surface area contributed by atoms with Crippen molar-refractivity contribution in [3.05, 3.63) is 64.3 Å². The average Bonchev–Trinajstić information content (AvgIpc) is 3.11. The molecule has 0 saturated heterocycles. The highest BCUT2D eigenvalue weighted by molar-refractivity contribution is 7.20. The van der Waals surface area contributed by atoms with Gasteiger partial charge in [0, 0.05) is 16.6 Å². The van der Waals surface area contributed by atoms with Crippen LogP contribution in [0.4, 0.5) is 4.39 Å². The van der Waals surface area contributed by atoms with Gasteiger partial charge in [-0.25, -0.2) is 9.18 Å². The fourth-order valence-electron chi connectivity index (χ4n) is 2.54. The molecule has 0 aliphatic rings. The zero-order valence-electron chi connectivity index (χ0n) is 14.2. The topological polar surface area (TPSA) is 64.6 Å². The van der Waals surface area contributed by atoms with Gasteiger partial charge in [-0.1, -0.05) is 12.1 Å². The Kier molecular flexibility index (Phi) is 5.18. The minimum atomic E-state index is -0.519. The molecule has 26 heavy (non-hydrogen) atoms. The molecule has 0 spiro atoms. The van der Waals surface area contributed by atoms with E-state index in [-0.39, 0.29) is 23.8 Å². The lowest BCUT2D eigenvalue weighted by Crippen LogP contribution is -2.22. The summed E-state index contributed by atoms with van der Waals surface area (Å²) < 4.78 is 24.3. The lowest BCUT2D eigenvalue weighted by molar-refractivity contribution is 0.0597. The van der Waals surface area contributed by atoms with Gasteiger partial charge in [0.25, 0.3) is 5.91 Å². The van der Waals surface area contributed by atoms with Gasteiger partial charge in [-0.2, -0.15) is 0 Å². The van der Waals surface area contributed by atoms with E-state index in [4.69, 9.17) is 9.47 Å². The third kappa shape index (κ3) is 3.52. The van der Waals surface area contributed by atoms with E-state index in [1.54, 1.807) is 36.4 Å². The molecule has 1 heterocycles. The Balaban J connectivity index is 1.76. The zero-order chi connectivity index (χ0) is 18.7. The van der Waals surface area contributed by atoms with E-state index in [0.717, 1.165) is 0 Å². The molecule has 0 atom stereocenters. The van der Waals surface area contributed by atoms with E-state index in [2.05, 4.69) is 5.32 Å². The standard InChI is InChI=1S/C19H16FNO4S/c1-24-15-7-6-11(8-13(15)19(23)25-2)10-21-18(22)17-9-12-14(20)4-3-5-16(12)26-17/h3-9H,10H2,1-2H3,(H,21,22). The highest BCUT2D eigenvalue weighted by Crippen LogP contribution is 2.27. The maximum absolute atomic E-state index is 13.8. The smallest absolute Gasteiger partial charge is 0.341 e. The molecule has 0 saturated carbocycles. The van der Waals surface area contributed by atoms with Crippen molar-refractivity contribution in [2.75, 3.05) is 14.2 Å². The molecule has 0 bridgehead atoms. The maximum Gasteiger partial charge on any atom is 0.341 e. The molecule has 2 aromatic carbocycles. The molecule has 1 aromatic heterocycles. The Bertz CT molecular complexity index is 983. The van der Waals surface area contributed by atoms with Crippen LogP contribution in [0.5, 0.6) is 5.75 Å². The van der Waals surface area contributed by atoms with Crippen molar-refractivity contribution in [2.24, 2.45) is 0 Å². The number of carbonyl (C=O) groups excluding carboxylic acids is 2. The van der Waals surface area contributed by atoms with E-state index in [1.807, 2.05) is 0 Å². The number of amides is 1. The molecule has 1 amide bonds. The number of methoxy groups -OCH3 is 2. The number of ether oxygens (including phenoxy) is 2. The minimum Gasteiger partial charge on any atom is -0.496 e. The molecule has 5 nitrogen and oxygen atoms in total. The number of rotatable bonds is 5. The summed E-state index contributed by atoms with van der Waals surface area (Å²) in [6.45, 7) is 0.212. The van der Waals surface area contributed by atoms with Crippen molar-refractivity contribution in [3.63, 3.8) is 0 Å². The van der Waals surface area contributed by atoms with Crippen LogP contribution in [0.3, 0.4) is 0 Å². The van der Waals surface area contributed by atoms with Crippen LogP contribution in [0.15, 0.2) is 42.5 Å². The van der Waals surface area contributed by atoms with Crippen LogP contribution in [0, 0.1) is 5.82 Å². The molecule has 0 radical (unpaired) electrons. The summed E-state index contributed by atoms with van der Waals surface area (Å²) in [4.78, 5) is 24.6. The first-order chi connectivity index (χ1) is 12.5. The van der Waals surface area contributed by atoms with Crippen LogP contribution in [0.1, 0.15) is 25.6 Å². The third-order valence-electron chi connectivity index (χ3n) is 3.85. The molecule has 7 heteroatoms. The second-order valence-corrected chi connectivity index (χ2v) is 6.55. The van der Waals surface area contributed by atoms with E-state index >= 15 is 0 Å². The molecule has 134 valence electrons. The fourth-order valence-corrected chi connectivity index (χ4v) is 3.53. The zero-order valence-corrected chi connectivity index (χ0v) is 15.0. The average molecular weight is 373 g/mol. The van der Waals surface area contributed by atoms with Crippen molar-refractivity contribution < 1.29 is 23.5 Å².